The van der Waals surface area contributed by atoms with Crippen LogP contribution in [0.1, 0.15) is 26.2 Å². The van der Waals surface area contributed by atoms with E-state index in [1.807, 2.05) is 11.9 Å². The van der Waals surface area contributed by atoms with Gasteiger partial charge in [0.2, 0.25) is 0 Å². The topological polar surface area (TPSA) is 20.3 Å². The van der Waals surface area contributed by atoms with Gasteiger partial charge in [-0.3, -0.25) is 4.79 Å². The Bertz CT molecular complexity index is 218. The minimum absolute atomic E-state index is 0.0346. The molecule has 0 N–H and O–H groups in total. The molecule has 1 saturated heterocycles. The maximum atomic E-state index is 13.1. The van der Waals surface area contributed by atoms with E-state index >= 15 is 0 Å². The van der Waals surface area contributed by atoms with Crippen molar-refractivity contribution >= 4 is 5.78 Å². The second-order valence-electron chi connectivity index (χ2n) is 4.24. The van der Waals surface area contributed by atoms with E-state index in [-0.39, 0.29) is 12.3 Å². The Labute approximate surface area is 83.3 Å². The van der Waals surface area contributed by atoms with Gasteiger partial charge in [0.15, 0.2) is 5.78 Å². The van der Waals surface area contributed by atoms with Crippen molar-refractivity contribution in [3.8, 4) is 0 Å². The van der Waals surface area contributed by atoms with Crippen LogP contribution in [-0.2, 0) is 4.79 Å². The van der Waals surface area contributed by atoms with Crippen LogP contribution in [0.25, 0.3) is 0 Å². The minimum atomic E-state index is -3.12. The first-order valence-corrected chi connectivity index (χ1v) is 4.99. The summed E-state index contributed by atoms with van der Waals surface area (Å²) in [5.74, 6) is -4.17. The van der Waals surface area contributed by atoms with Crippen LogP contribution >= 0.6 is 0 Å². The van der Waals surface area contributed by atoms with E-state index in [1.54, 1.807) is 0 Å². The normalized spacial score (nSPS) is 25.0. The molecular weight excluding hydrogens is 188 g/mol. The molecule has 2 nitrogen and oxygen atoms in total. The number of hydrogen-bond donors (Lipinski definition) is 0. The average Bonchev–Trinajstić information content (AvgIpc) is 2.02. The number of carbonyl (C=O) groups is 1. The molecule has 0 saturated carbocycles. The Morgan fingerprint density at radius 1 is 1.57 bits per heavy atom. The molecule has 0 amide bonds. The van der Waals surface area contributed by atoms with Crippen molar-refractivity contribution in [2.45, 2.75) is 32.1 Å². The van der Waals surface area contributed by atoms with E-state index < -0.39 is 11.7 Å². The lowest BCUT2D eigenvalue weighted by Crippen LogP contribution is -2.37. The van der Waals surface area contributed by atoms with E-state index in [0.29, 0.717) is 6.54 Å². The van der Waals surface area contributed by atoms with Gasteiger partial charge in [-0.2, -0.15) is 8.78 Å². The third-order valence-corrected chi connectivity index (χ3v) is 2.78. The first kappa shape index (κ1) is 11.6. The van der Waals surface area contributed by atoms with Gasteiger partial charge in [-0.05, 0) is 32.4 Å². The van der Waals surface area contributed by atoms with Gasteiger partial charge in [0.05, 0.1) is 0 Å². The summed E-state index contributed by atoms with van der Waals surface area (Å²) >= 11 is 0. The third-order valence-electron chi connectivity index (χ3n) is 2.78. The number of alkyl halides is 2. The molecule has 14 heavy (non-hydrogen) atoms. The predicted molar refractivity (Wildman–Crippen MR) is 50.5 cm³/mol. The van der Waals surface area contributed by atoms with Crippen LogP contribution in [0.2, 0.25) is 0 Å². The number of likely N-dealkylation sites (tertiary alicyclic amines) is 1. The second-order valence-corrected chi connectivity index (χ2v) is 4.24. The fourth-order valence-electron chi connectivity index (χ4n) is 1.95. The highest BCUT2D eigenvalue weighted by Crippen LogP contribution is 2.29. The van der Waals surface area contributed by atoms with E-state index in [1.165, 1.54) is 0 Å². The fraction of sp³-hybridized carbons (Fsp3) is 0.900. The first-order chi connectivity index (χ1) is 6.42. The molecule has 0 aromatic rings. The third kappa shape index (κ3) is 3.01. The Morgan fingerprint density at radius 3 is 2.71 bits per heavy atom. The number of rotatable bonds is 3. The van der Waals surface area contributed by atoms with Crippen molar-refractivity contribution in [1.29, 1.82) is 0 Å². The van der Waals surface area contributed by atoms with Gasteiger partial charge in [0, 0.05) is 19.9 Å². The van der Waals surface area contributed by atoms with Gasteiger partial charge in [0.1, 0.15) is 0 Å². The molecule has 1 atom stereocenters. The van der Waals surface area contributed by atoms with E-state index in [9.17, 15) is 13.6 Å². The highest BCUT2D eigenvalue weighted by atomic mass is 19.3. The molecule has 1 fully saturated rings. The molecule has 0 aromatic carbocycles. The molecule has 82 valence electrons. The molecule has 0 aliphatic carbocycles. The highest BCUT2D eigenvalue weighted by Gasteiger charge is 2.38. The van der Waals surface area contributed by atoms with Crippen molar-refractivity contribution in [1.82, 2.24) is 4.90 Å². The zero-order valence-electron chi connectivity index (χ0n) is 8.72. The van der Waals surface area contributed by atoms with Crippen LogP contribution in [0.3, 0.4) is 0 Å². The summed E-state index contributed by atoms with van der Waals surface area (Å²) in [4.78, 5) is 12.7. The standard InChI is InChI=1S/C10H17F2NO/c1-8(14)10(11,12)6-9-4-3-5-13(2)7-9/h9H,3-7H2,1-2H3. The van der Waals surface area contributed by atoms with E-state index in [0.717, 1.165) is 26.3 Å². The fourth-order valence-corrected chi connectivity index (χ4v) is 1.95. The van der Waals surface area contributed by atoms with Crippen molar-refractivity contribution in [2.75, 3.05) is 20.1 Å². The smallest absolute Gasteiger partial charge is 0.305 e. The number of ketones is 1. The van der Waals surface area contributed by atoms with Crippen LogP contribution in [-0.4, -0.2) is 36.7 Å². The highest BCUT2D eigenvalue weighted by molar-refractivity contribution is 5.82. The maximum absolute atomic E-state index is 13.1. The van der Waals surface area contributed by atoms with E-state index in [4.69, 9.17) is 0 Å². The largest absolute Gasteiger partial charge is 0.306 e. The van der Waals surface area contributed by atoms with Crippen LogP contribution in [0.15, 0.2) is 0 Å². The summed E-state index contributed by atoms with van der Waals surface area (Å²) in [7, 11) is 1.93. The summed E-state index contributed by atoms with van der Waals surface area (Å²) < 4.78 is 26.2. The minimum Gasteiger partial charge on any atom is -0.306 e. The lowest BCUT2D eigenvalue weighted by molar-refractivity contribution is -0.143. The van der Waals surface area contributed by atoms with Gasteiger partial charge >= 0.3 is 5.92 Å². The summed E-state index contributed by atoms with van der Waals surface area (Å²) in [6.07, 6.45) is 1.48. The molecule has 1 aliphatic rings. The van der Waals surface area contributed by atoms with E-state index in [2.05, 4.69) is 0 Å². The number of nitrogens with zero attached hydrogens (tertiary/aromatic N) is 1. The van der Waals surface area contributed by atoms with Crippen LogP contribution in [0, 0.1) is 5.92 Å². The Hall–Kier alpha value is -0.510. The number of piperidine rings is 1. The monoisotopic (exact) mass is 205 g/mol. The molecule has 1 aliphatic heterocycles. The second kappa shape index (κ2) is 4.34. The van der Waals surface area contributed by atoms with Gasteiger partial charge < -0.3 is 4.90 Å². The summed E-state index contributed by atoms with van der Waals surface area (Å²) in [6, 6.07) is 0. The Kier molecular flexibility index (Phi) is 3.59. The van der Waals surface area contributed by atoms with Crippen LogP contribution < -0.4 is 0 Å². The average molecular weight is 205 g/mol. The first-order valence-electron chi connectivity index (χ1n) is 4.99. The van der Waals surface area contributed by atoms with Crippen molar-refractivity contribution in [3.63, 3.8) is 0 Å². The van der Waals surface area contributed by atoms with Crippen molar-refractivity contribution in [3.05, 3.63) is 0 Å². The number of carbonyl (C=O) groups excluding carboxylic acids is 1. The van der Waals surface area contributed by atoms with Crippen LogP contribution in [0.4, 0.5) is 8.78 Å². The SMILES string of the molecule is CC(=O)C(F)(F)CC1CCCN(C)C1. The number of Topliss-reactive ketones (excluding diaryl/α,β-unsaturated/α-hetero) is 1. The molecular formula is C10H17F2NO. The van der Waals surface area contributed by atoms with Crippen LogP contribution in [0.5, 0.6) is 0 Å². The number of hydrogen-bond acceptors (Lipinski definition) is 2. The van der Waals surface area contributed by atoms with Crippen molar-refractivity contribution < 1.29 is 13.6 Å². The zero-order chi connectivity index (χ0) is 10.8. The quantitative estimate of drug-likeness (QED) is 0.701. The van der Waals surface area contributed by atoms with Crippen molar-refractivity contribution in [2.24, 2.45) is 5.92 Å². The van der Waals surface area contributed by atoms with Gasteiger partial charge in [-0.25, -0.2) is 0 Å². The summed E-state index contributed by atoms with van der Waals surface area (Å²) in [5.41, 5.74) is 0. The van der Waals surface area contributed by atoms with Gasteiger partial charge in [-0.1, -0.05) is 0 Å². The summed E-state index contributed by atoms with van der Waals surface area (Å²) in [5, 5.41) is 0. The number of halogens is 2. The zero-order valence-corrected chi connectivity index (χ0v) is 8.72. The molecule has 1 rings (SSSR count). The summed E-state index contributed by atoms with van der Waals surface area (Å²) in [6.45, 7) is 2.62. The predicted octanol–water partition coefficient (Wildman–Crippen LogP) is 1.94. The molecule has 1 heterocycles. The molecule has 0 radical (unpaired) electrons. The molecule has 0 aromatic heterocycles. The lowest BCUT2D eigenvalue weighted by atomic mass is 9.91. The Morgan fingerprint density at radius 2 is 2.21 bits per heavy atom. The molecule has 0 spiro atoms. The van der Waals surface area contributed by atoms with Gasteiger partial charge in [0.25, 0.3) is 0 Å². The van der Waals surface area contributed by atoms with Gasteiger partial charge in [-0.15, -0.1) is 0 Å². The molecule has 0 bridgehead atoms. The Balaban J connectivity index is 2.47. The molecule has 1 unspecified atom stereocenters. The maximum Gasteiger partial charge on any atom is 0.305 e. The lowest BCUT2D eigenvalue weighted by Gasteiger charge is -2.31. The molecule has 4 heteroatoms.